The summed E-state index contributed by atoms with van der Waals surface area (Å²) in [6, 6.07) is 0. The van der Waals surface area contributed by atoms with Crippen LogP contribution in [0.15, 0.2) is 0 Å². The summed E-state index contributed by atoms with van der Waals surface area (Å²) in [5.74, 6) is -0.670. The zero-order valence-electron chi connectivity index (χ0n) is 17.1. The van der Waals surface area contributed by atoms with Gasteiger partial charge >= 0.3 is 5.97 Å². The molecule has 146 valence electrons. The number of carboxylic acid groups (broad SMARTS) is 1. The van der Waals surface area contributed by atoms with E-state index in [9.17, 15) is 4.79 Å². The molecule has 0 saturated carbocycles. The smallest absolute Gasteiger partial charge is 0.303 e. The van der Waals surface area contributed by atoms with Crippen LogP contribution in [0.3, 0.4) is 0 Å². The Hall–Kier alpha value is -0.530. The number of hydrogen-bond acceptors (Lipinski definition) is 1. The van der Waals surface area contributed by atoms with E-state index in [0.29, 0.717) is 6.42 Å². The monoisotopic (exact) mass is 342 g/mol. The fourth-order valence-electron chi connectivity index (χ4n) is 2.79. The summed E-state index contributed by atoms with van der Waals surface area (Å²) in [7, 11) is 0. The number of aliphatic carboxylic acids is 1. The van der Waals surface area contributed by atoms with E-state index in [4.69, 9.17) is 5.11 Å². The summed E-state index contributed by atoms with van der Waals surface area (Å²) < 4.78 is 0. The van der Waals surface area contributed by atoms with Gasteiger partial charge in [-0.25, -0.2) is 0 Å². The van der Waals surface area contributed by atoms with Crippen molar-refractivity contribution in [1.29, 1.82) is 0 Å². The molecular weight excluding hydrogens is 296 g/mol. The first kappa shape index (κ1) is 25.7. The average Bonchev–Trinajstić information content (AvgIpc) is 2.57. The summed E-state index contributed by atoms with van der Waals surface area (Å²) in [6.07, 6.45) is 23.3. The van der Waals surface area contributed by atoms with Gasteiger partial charge in [0.2, 0.25) is 0 Å². The summed E-state index contributed by atoms with van der Waals surface area (Å²) in [5, 5.41) is 8.27. The molecule has 1 N–H and O–H groups in total. The summed E-state index contributed by atoms with van der Waals surface area (Å²) >= 11 is 0. The topological polar surface area (TPSA) is 37.3 Å². The van der Waals surface area contributed by atoms with E-state index in [1.54, 1.807) is 0 Å². The minimum atomic E-state index is -0.670. The minimum absolute atomic E-state index is 0.337. The Kier molecular flexibility index (Phi) is 26.5. The molecule has 2 nitrogen and oxygen atoms in total. The summed E-state index contributed by atoms with van der Waals surface area (Å²) in [5.41, 5.74) is 0. The summed E-state index contributed by atoms with van der Waals surface area (Å²) in [6.45, 7) is 6.72. The Morgan fingerprint density at radius 1 is 0.500 bits per heavy atom. The third-order valence-corrected chi connectivity index (χ3v) is 4.45. The first-order chi connectivity index (χ1) is 11.7. The lowest BCUT2D eigenvalue weighted by molar-refractivity contribution is -0.137. The van der Waals surface area contributed by atoms with Crippen LogP contribution in [0, 0.1) is 0 Å². The Balaban J connectivity index is 0. The van der Waals surface area contributed by atoms with Crippen molar-refractivity contribution < 1.29 is 9.90 Å². The molecule has 0 saturated heterocycles. The van der Waals surface area contributed by atoms with Gasteiger partial charge in [0.1, 0.15) is 0 Å². The number of carboxylic acids is 1. The van der Waals surface area contributed by atoms with Gasteiger partial charge in [-0.15, -0.1) is 0 Å². The highest BCUT2D eigenvalue weighted by Crippen LogP contribution is 2.11. The Labute approximate surface area is 152 Å². The highest BCUT2D eigenvalue weighted by molar-refractivity contribution is 5.66. The molecule has 0 radical (unpaired) electrons. The van der Waals surface area contributed by atoms with Crippen LogP contribution >= 0.6 is 0 Å². The van der Waals surface area contributed by atoms with Crippen LogP contribution in [0.1, 0.15) is 136 Å². The van der Waals surface area contributed by atoms with Gasteiger partial charge in [0.25, 0.3) is 0 Å². The van der Waals surface area contributed by atoms with E-state index in [1.165, 1.54) is 96.3 Å². The second-order valence-corrected chi connectivity index (χ2v) is 7.09. The van der Waals surface area contributed by atoms with E-state index in [2.05, 4.69) is 20.8 Å². The molecule has 0 unspecified atom stereocenters. The highest BCUT2D eigenvalue weighted by Gasteiger charge is 1.95. The quantitative estimate of drug-likeness (QED) is 0.271. The number of unbranched alkanes of at least 4 members (excludes halogenated alkanes) is 15. The lowest BCUT2D eigenvalue weighted by Gasteiger charge is -2.01. The molecule has 0 spiro atoms. The minimum Gasteiger partial charge on any atom is -0.481 e. The molecule has 0 amide bonds. The van der Waals surface area contributed by atoms with Crippen molar-refractivity contribution in [3.8, 4) is 0 Å². The van der Waals surface area contributed by atoms with E-state index < -0.39 is 5.97 Å². The van der Waals surface area contributed by atoms with Crippen molar-refractivity contribution in [2.75, 3.05) is 0 Å². The molecule has 2 heteroatoms. The van der Waals surface area contributed by atoms with Crippen LogP contribution in [0.4, 0.5) is 0 Å². The number of rotatable bonds is 17. The molecule has 0 bridgehead atoms. The van der Waals surface area contributed by atoms with E-state index in [0.717, 1.165) is 12.8 Å². The normalized spacial score (nSPS) is 10.3. The number of carbonyl (C=O) groups is 1. The first-order valence-electron chi connectivity index (χ1n) is 10.9. The lowest BCUT2D eigenvalue weighted by atomic mass is 10.1. The van der Waals surface area contributed by atoms with Gasteiger partial charge < -0.3 is 5.11 Å². The molecule has 0 aromatic rings. The predicted molar refractivity (Wildman–Crippen MR) is 108 cm³/mol. The van der Waals surface area contributed by atoms with Crippen molar-refractivity contribution in [2.24, 2.45) is 0 Å². The molecule has 0 aliphatic heterocycles. The fourth-order valence-corrected chi connectivity index (χ4v) is 2.79. The molecular formula is C22H46O2. The van der Waals surface area contributed by atoms with Crippen LogP contribution in [-0.2, 0) is 4.79 Å². The standard InChI is InChI=1S/C14H30.C8H16O2/c1-3-5-7-9-11-13-14-12-10-8-6-4-2;1-2-3-4-5-6-7-8(9)10/h3-14H2,1-2H3;2-7H2,1H3,(H,9,10). The van der Waals surface area contributed by atoms with Crippen LogP contribution in [-0.4, -0.2) is 11.1 Å². The van der Waals surface area contributed by atoms with Gasteiger partial charge in [-0.2, -0.15) is 0 Å². The Morgan fingerprint density at radius 3 is 1.00 bits per heavy atom. The van der Waals surface area contributed by atoms with Crippen molar-refractivity contribution in [2.45, 2.75) is 136 Å². The molecule has 0 aliphatic rings. The van der Waals surface area contributed by atoms with E-state index in [-0.39, 0.29) is 0 Å². The van der Waals surface area contributed by atoms with Crippen molar-refractivity contribution >= 4 is 5.97 Å². The zero-order valence-corrected chi connectivity index (χ0v) is 17.1. The highest BCUT2D eigenvalue weighted by atomic mass is 16.4. The van der Waals surface area contributed by atoms with Gasteiger partial charge in [0.15, 0.2) is 0 Å². The van der Waals surface area contributed by atoms with Crippen molar-refractivity contribution in [3.63, 3.8) is 0 Å². The summed E-state index contributed by atoms with van der Waals surface area (Å²) in [4.78, 5) is 10.0. The van der Waals surface area contributed by atoms with Crippen LogP contribution in [0.5, 0.6) is 0 Å². The van der Waals surface area contributed by atoms with Gasteiger partial charge in [-0.3, -0.25) is 4.79 Å². The number of hydrogen-bond donors (Lipinski definition) is 1. The van der Waals surface area contributed by atoms with E-state index in [1.807, 2.05) is 0 Å². The SMILES string of the molecule is CCCCCCCC(=O)O.CCCCCCCCCCCCCC. The molecule has 0 aromatic heterocycles. The predicted octanol–water partition coefficient (Wildman–Crippen LogP) is 8.14. The average molecular weight is 343 g/mol. The molecule has 0 fully saturated rings. The van der Waals surface area contributed by atoms with E-state index >= 15 is 0 Å². The second-order valence-electron chi connectivity index (χ2n) is 7.09. The third-order valence-electron chi connectivity index (χ3n) is 4.45. The molecule has 0 aliphatic carbocycles. The van der Waals surface area contributed by atoms with Gasteiger partial charge in [-0.05, 0) is 6.42 Å². The molecule has 0 rings (SSSR count). The first-order valence-corrected chi connectivity index (χ1v) is 10.9. The van der Waals surface area contributed by atoms with Gasteiger partial charge in [0.05, 0.1) is 0 Å². The van der Waals surface area contributed by atoms with Crippen LogP contribution in [0.25, 0.3) is 0 Å². The maximum absolute atomic E-state index is 10.0. The largest absolute Gasteiger partial charge is 0.481 e. The molecule has 0 atom stereocenters. The van der Waals surface area contributed by atoms with Gasteiger partial charge in [0, 0.05) is 6.42 Å². The van der Waals surface area contributed by atoms with Crippen molar-refractivity contribution in [1.82, 2.24) is 0 Å². The fraction of sp³-hybridized carbons (Fsp3) is 0.955. The third kappa shape index (κ3) is 29.5. The molecule has 0 aromatic carbocycles. The zero-order chi connectivity index (χ0) is 18.3. The van der Waals surface area contributed by atoms with Crippen LogP contribution in [0.2, 0.25) is 0 Å². The second kappa shape index (κ2) is 24.7. The van der Waals surface area contributed by atoms with Crippen molar-refractivity contribution in [3.05, 3.63) is 0 Å². The van der Waals surface area contributed by atoms with Crippen LogP contribution < -0.4 is 0 Å². The Bertz CT molecular complexity index is 214. The lowest BCUT2D eigenvalue weighted by Crippen LogP contribution is -1.93. The Morgan fingerprint density at radius 2 is 0.750 bits per heavy atom. The maximum atomic E-state index is 10.0. The maximum Gasteiger partial charge on any atom is 0.303 e. The van der Waals surface area contributed by atoms with Gasteiger partial charge in [-0.1, -0.05) is 124 Å². The molecule has 0 heterocycles. The molecule has 24 heavy (non-hydrogen) atoms.